The second-order valence-electron chi connectivity index (χ2n) is 4.06. The smallest absolute Gasteiger partial charge is 0.122 e. The summed E-state index contributed by atoms with van der Waals surface area (Å²) in [7, 11) is 0. The quantitative estimate of drug-likeness (QED) is 0.237. The molecular weight excluding hydrogens is 284 g/mol. The summed E-state index contributed by atoms with van der Waals surface area (Å²) in [5.74, 6) is -1.98. The molecule has 0 aliphatic rings. The van der Waals surface area contributed by atoms with E-state index >= 15 is 0 Å². The molecule has 0 saturated carbocycles. The van der Waals surface area contributed by atoms with Crippen LogP contribution in [0.15, 0.2) is 0 Å². The van der Waals surface area contributed by atoms with Crippen LogP contribution in [-0.4, -0.2) is 98.3 Å². The van der Waals surface area contributed by atoms with E-state index in [0.29, 0.717) is 0 Å². The van der Waals surface area contributed by atoms with Crippen molar-refractivity contribution in [1.82, 2.24) is 0 Å². The Balaban J connectivity index is 0. The van der Waals surface area contributed by atoms with Gasteiger partial charge < -0.3 is 35.4 Å². The van der Waals surface area contributed by atoms with E-state index in [1.807, 2.05) is 0 Å². The molecule has 0 radical (unpaired) electrons. The topological polar surface area (TPSA) is 141 Å². The normalized spacial score (nSPS) is 16.8. The molecule has 0 spiro atoms. The van der Waals surface area contributed by atoms with Crippen molar-refractivity contribution in [3.63, 3.8) is 0 Å². The molecule has 19 heavy (non-hydrogen) atoms. The van der Waals surface area contributed by atoms with Gasteiger partial charge in [0.1, 0.15) is 24.4 Å². The third kappa shape index (κ3) is 10.9. The molecule has 0 amide bonds. The summed E-state index contributed by atoms with van der Waals surface area (Å²) in [6, 6.07) is 0. The van der Waals surface area contributed by atoms with Crippen LogP contribution in [0, 0.1) is 0 Å². The van der Waals surface area contributed by atoms with Crippen molar-refractivity contribution in [2.75, 3.05) is 6.61 Å². The Hall–Kier alpha value is 0.530. The van der Waals surface area contributed by atoms with Gasteiger partial charge in [-0.15, -0.1) is 0 Å². The Kier molecular flexibility index (Phi) is 15.5. The maximum absolute atomic E-state index is 9.98. The van der Waals surface area contributed by atoms with Crippen LogP contribution in [0.4, 0.5) is 0 Å². The first-order valence-electron chi connectivity index (χ1n) is 6.16. The van der Waals surface area contributed by atoms with Gasteiger partial charge in [-0.25, -0.2) is 0 Å². The minimum atomic E-state index is -2.31. The number of carboxylic acids is 1. The monoisotopic (exact) mass is 306 g/mol. The first-order chi connectivity index (χ1) is 8.83. The Morgan fingerprint density at radius 2 is 1.68 bits per heavy atom. The summed E-state index contributed by atoms with van der Waals surface area (Å²) in [5.41, 5.74) is 0. The van der Waals surface area contributed by atoms with Gasteiger partial charge in [-0.2, -0.15) is 0 Å². The van der Waals surface area contributed by atoms with E-state index in [2.05, 4.69) is 6.92 Å². The van der Waals surface area contributed by atoms with E-state index in [9.17, 15) is 9.90 Å². The Bertz CT molecular complexity index is 223. The zero-order chi connectivity index (χ0) is 15.4. The molecule has 0 saturated heterocycles. The van der Waals surface area contributed by atoms with Crippen LogP contribution >= 0.6 is 0 Å². The fourth-order valence-corrected chi connectivity index (χ4v) is 1.64. The van der Waals surface area contributed by atoms with E-state index in [4.69, 9.17) is 25.5 Å². The van der Waals surface area contributed by atoms with E-state index in [1.54, 1.807) is 0 Å². The van der Waals surface area contributed by atoms with Gasteiger partial charge in [0.05, 0.1) is 12.6 Å². The summed E-state index contributed by atoms with van der Waals surface area (Å²) in [5, 5.41) is 53.4. The van der Waals surface area contributed by atoms with Crippen molar-refractivity contribution in [3.05, 3.63) is 0 Å². The molecule has 110 valence electrons. The van der Waals surface area contributed by atoms with Crippen LogP contribution in [0.25, 0.3) is 0 Å². The van der Waals surface area contributed by atoms with Crippen molar-refractivity contribution < 1.29 is 35.4 Å². The summed E-state index contributed by atoms with van der Waals surface area (Å²) in [4.78, 5) is 9.98. The van der Waals surface area contributed by atoms with Crippen LogP contribution < -0.4 is 5.11 Å². The zero-order valence-electron chi connectivity index (χ0n) is 11.1. The van der Waals surface area contributed by atoms with Gasteiger partial charge in [0.2, 0.25) is 0 Å². The Morgan fingerprint density at radius 1 is 1.16 bits per heavy atom. The van der Waals surface area contributed by atoms with Gasteiger partial charge in [-0.05, 0) is 0 Å². The minimum Gasteiger partial charge on any atom is -0.547 e. The predicted molar refractivity (Wildman–Crippen MR) is 66.2 cm³/mol. The maximum atomic E-state index is 9.98. The first kappa shape index (κ1) is 21.8. The van der Waals surface area contributed by atoms with Crippen molar-refractivity contribution in [2.45, 2.75) is 53.1 Å². The van der Waals surface area contributed by atoms with Crippen LogP contribution in [0.2, 0.25) is 2.52 Å². The van der Waals surface area contributed by atoms with Gasteiger partial charge >= 0.3 is 64.5 Å². The van der Waals surface area contributed by atoms with E-state index in [1.165, 1.54) is 57.6 Å². The van der Waals surface area contributed by atoms with Crippen molar-refractivity contribution >= 4 is 41.8 Å². The molecule has 0 heterocycles. The fourth-order valence-electron chi connectivity index (χ4n) is 1.09. The molecular formula is C11H22CaO7. The number of rotatable bonds is 8. The Labute approximate surface area is 136 Å². The van der Waals surface area contributed by atoms with Gasteiger partial charge in [0, 0.05) is 0 Å². The van der Waals surface area contributed by atoms with Gasteiger partial charge in [-0.3, -0.25) is 0 Å². The number of aliphatic hydroxyl groups is 5. The molecule has 0 rings (SSSR count). The van der Waals surface area contributed by atoms with E-state index in [0.717, 1.165) is 0 Å². The number of hydrogen-bond acceptors (Lipinski definition) is 7. The second-order valence-corrected chi connectivity index (χ2v) is 5.16. The standard InChI is InChI=1S/C6H12O7.C5H11.Ca/c7-1-2(8)3(9)4(10)5(11)6(12)13;1-3-5-4-2;/h2-5,7-11H,1H2,(H,12,13);1,3-5H2,2H3;/q;;+1/p-1. The summed E-state index contributed by atoms with van der Waals surface area (Å²) in [6.07, 6.45) is -3.79. The predicted octanol–water partition coefficient (Wildman–Crippen LogP) is -3.06. The number of carbonyl (C=O) groups excluding carboxylic acids is 1. The molecule has 4 unspecified atom stereocenters. The maximum Gasteiger partial charge on any atom is 0.122 e. The minimum absolute atomic E-state index is 0.863. The van der Waals surface area contributed by atoms with Gasteiger partial charge in [0.15, 0.2) is 0 Å². The number of aliphatic hydroxyl groups excluding tert-OH is 5. The molecule has 0 aromatic heterocycles. The number of hydrogen-bond donors (Lipinski definition) is 5. The molecule has 0 fully saturated rings. The largest absolute Gasteiger partial charge is 0.547 e. The van der Waals surface area contributed by atoms with E-state index < -0.39 is 37.0 Å². The average molecular weight is 306 g/mol. The van der Waals surface area contributed by atoms with Crippen LogP contribution in [-0.2, 0) is 4.79 Å². The molecule has 0 aliphatic carbocycles. The Morgan fingerprint density at radius 3 is 1.95 bits per heavy atom. The van der Waals surface area contributed by atoms with Crippen LogP contribution in [0.1, 0.15) is 26.2 Å². The number of aliphatic carboxylic acids is 1. The van der Waals surface area contributed by atoms with Crippen molar-refractivity contribution in [1.29, 1.82) is 0 Å². The molecule has 5 N–H and O–H groups in total. The van der Waals surface area contributed by atoms with E-state index in [-0.39, 0.29) is 0 Å². The van der Waals surface area contributed by atoms with Crippen LogP contribution in [0.3, 0.4) is 0 Å². The summed E-state index contributed by atoms with van der Waals surface area (Å²) >= 11 is 1.49. The number of carboxylic acid groups (broad SMARTS) is 1. The molecule has 0 aromatic rings. The molecule has 7 nitrogen and oxygen atoms in total. The zero-order valence-corrected chi connectivity index (χ0v) is 13.3. The molecule has 8 heteroatoms. The van der Waals surface area contributed by atoms with Crippen molar-refractivity contribution in [3.8, 4) is 0 Å². The number of unbranched alkanes of at least 4 members (excludes halogenated alkanes) is 2. The van der Waals surface area contributed by atoms with Crippen molar-refractivity contribution in [2.24, 2.45) is 0 Å². The molecule has 0 aliphatic heterocycles. The van der Waals surface area contributed by atoms with Gasteiger partial charge in [-0.1, -0.05) is 0 Å². The second kappa shape index (κ2) is 13.5. The molecule has 4 atom stereocenters. The summed E-state index contributed by atoms with van der Waals surface area (Å²) < 4.78 is 1.48. The SMILES string of the molecule is CCCC[CH2][Ca+].O=C([O-])C(O)C(O)C(O)C(O)CO. The molecule has 0 bridgehead atoms. The van der Waals surface area contributed by atoms with Gasteiger partial charge in [0.25, 0.3) is 0 Å². The van der Waals surface area contributed by atoms with Crippen LogP contribution in [0.5, 0.6) is 0 Å². The summed E-state index contributed by atoms with van der Waals surface area (Å²) in [6.45, 7) is 1.38. The fraction of sp³-hybridized carbons (Fsp3) is 0.909. The molecule has 0 aromatic carbocycles. The third-order valence-corrected chi connectivity index (χ3v) is 3.13. The average Bonchev–Trinajstić information content (AvgIpc) is 2.42. The first-order valence-corrected chi connectivity index (χ1v) is 7.72. The third-order valence-electron chi connectivity index (χ3n) is 2.35. The number of carbonyl (C=O) groups is 1.